The fraction of sp³-hybridized carbons (Fsp3) is 0.378. The molecular formula is C37H41N3O5S. The van der Waals surface area contributed by atoms with Crippen LogP contribution in [0.5, 0.6) is 5.75 Å². The van der Waals surface area contributed by atoms with Gasteiger partial charge in [0.15, 0.2) is 0 Å². The van der Waals surface area contributed by atoms with Gasteiger partial charge in [0.1, 0.15) is 11.8 Å². The van der Waals surface area contributed by atoms with Crippen LogP contribution in [-0.4, -0.2) is 76.6 Å². The van der Waals surface area contributed by atoms with Gasteiger partial charge in [-0.15, -0.1) is 24.9 Å². The van der Waals surface area contributed by atoms with E-state index in [1.165, 1.54) is 0 Å². The summed E-state index contributed by atoms with van der Waals surface area (Å²) in [5, 5.41) is 11.8. The molecule has 3 aromatic rings. The maximum Gasteiger partial charge on any atom is 0.251 e. The zero-order valence-electron chi connectivity index (χ0n) is 26.2. The van der Waals surface area contributed by atoms with Crippen molar-refractivity contribution in [2.24, 2.45) is 11.8 Å². The van der Waals surface area contributed by atoms with Crippen molar-refractivity contribution < 1.29 is 24.2 Å². The highest BCUT2D eigenvalue weighted by atomic mass is 32.2. The fourth-order valence-electron chi connectivity index (χ4n) is 7.66. The Morgan fingerprint density at radius 1 is 1.00 bits per heavy atom. The molecule has 46 heavy (non-hydrogen) atoms. The van der Waals surface area contributed by atoms with Crippen LogP contribution < -0.4 is 14.5 Å². The van der Waals surface area contributed by atoms with Gasteiger partial charge in [-0.1, -0.05) is 42.5 Å². The Hall–Kier alpha value is -4.08. The van der Waals surface area contributed by atoms with Crippen LogP contribution in [0.2, 0.25) is 0 Å². The van der Waals surface area contributed by atoms with E-state index in [9.17, 15) is 19.5 Å². The summed E-state index contributed by atoms with van der Waals surface area (Å²) in [7, 11) is 0. The van der Waals surface area contributed by atoms with Gasteiger partial charge in [-0.25, -0.2) is 0 Å². The Balaban J connectivity index is 1.37. The van der Waals surface area contributed by atoms with Gasteiger partial charge >= 0.3 is 0 Å². The van der Waals surface area contributed by atoms with Crippen LogP contribution >= 0.6 is 11.8 Å². The number of aliphatic hydroxyl groups excluding tert-OH is 1. The molecule has 3 amide bonds. The molecule has 1 N–H and O–H groups in total. The van der Waals surface area contributed by atoms with Crippen molar-refractivity contribution in [1.82, 2.24) is 4.90 Å². The second kappa shape index (κ2) is 13.3. The van der Waals surface area contributed by atoms with E-state index in [1.54, 1.807) is 38.6 Å². The normalized spacial score (nSPS) is 24.6. The lowest BCUT2D eigenvalue weighted by Crippen LogP contribution is -2.55. The lowest BCUT2D eigenvalue weighted by atomic mass is 9.70. The molecule has 0 radical (unpaired) electrons. The van der Waals surface area contributed by atoms with Crippen molar-refractivity contribution in [1.29, 1.82) is 0 Å². The van der Waals surface area contributed by atoms with Crippen molar-refractivity contribution in [2.75, 3.05) is 42.6 Å². The number of benzene rings is 3. The van der Waals surface area contributed by atoms with Gasteiger partial charge in [0, 0.05) is 42.9 Å². The van der Waals surface area contributed by atoms with Crippen molar-refractivity contribution >= 4 is 51.6 Å². The van der Waals surface area contributed by atoms with E-state index in [-0.39, 0.29) is 42.7 Å². The molecule has 3 fully saturated rings. The van der Waals surface area contributed by atoms with Crippen molar-refractivity contribution in [2.45, 2.75) is 42.2 Å². The van der Waals surface area contributed by atoms with Gasteiger partial charge in [0.2, 0.25) is 11.8 Å². The first-order valence-corrected chi connectivity index (χ1v) is 16.9. The van der Waals surface area contributed by atoms with Crippen molar-refractivity contribution in [3.05, 3.63) is 92.0 Å². The molecule has 3 aromatic carbocycles. The molecule has 5 atom stereocenters. The molecule has 6 rings (SSSR count). The molecule has 3 aliphatic heterocycles. The van der Waals surface area contributed by atoms with Gasteiger partial charge in [-0.3, -0.25) is 14.4 Å². The maximum absolute atomic E-state index is 14.8. The summed E-state index contributed by atoms with van der Waals surface area (Å²) in [5.74, 6) is -1.00. The highest BCUT2D eigenvalue weighted by Crippen LogP contribution is 2.67. The van der Waals surface area contributed by atoms with E-state index in [4.69, 9.17) is 4.74 Å². The molecule has 8 nitrogen and oxygen atoms in total. The number of hydrogen-bond acceptors (Lipinski definition) is 6. The van der Waals surface area contributed by atoms with Crippen LogP contribution in [0.15, 0.2) is 92.0 Å². The van der Waals surface area contributed by atoms with Gasteiger partial charge in [-0.05, 0) is 73.4 Å². The van der Waals surface area contributed by atoms with Crippen LogP contribution in [-0.2, 0) is 14.4 Å². The largest absolute Gasteiger partial charge is 0.494 e. The van der Waals surface area contributed by atoms with Gasteiger partial charge in [0.05, 0.1) is 23.2 Å². The average molecular weight is 640 g/mol. The number of amides is 3. The molecular weight excluding hydrogens is 598 g/mol. The minimum absolute atomic E-state index is 0.0831. The van der Waals surface area contributed by atoms with Crippen LogP contribution in [0.25, 0.3) is 10.8 Å². The van der Waals surface area contributed by atoms with Crippen LogP contribution in [0.4, 0.5) is 11.4 Å². The SMILES string of the molecule is C=CCN(C(=O)C1N(CCCO)C(=O)[C@@H]2[C@@H](C(=O)N(CC=C)c3ccc(OCC)cc3)[C@H]3CCC12S3)c1ccc2ccccc2c1. The Morgan fingerprint density at radius 2 is 1.67 bits per heavy atom. The first kappa shape index (κ1) is 31.9. The fourth-order valence-corrected chi connectivity index (χ4v) is 9.87. The zero-order valence-corrected chi connectivity index (χ0v) is 27.0. The summed E-state index contributed by atoms with van der Waals surface area (Å²) in [6.07, 6.45) is 5.14. The molecule has 0 aliphatic carbocycles. The molecule has 3 saturated heterocycles. The standard InChI is InChI=1S/C37H41N3O5S/c1-4-20-38(27-14-16-29(17-15-27)45-6-3)34(42)31-30-18-19-37(46-30)32(31)35(43)40(22-9-23-41)33(37)36(44)39(21-5-2)28-13-12-25-10-7-8-11-26(25)24-28/h4-5,7-8,10-17,24,30-33,41H,1-2,6,9,18-23H2,3H3/t30-,31+,32+,33?,37?/m1/s1. The summed E-state index contributed by atoms with van der Waals surface area (Å²) in [5.41, 5.74) is 1.44. The number of ether oxygens (including phenoxy) is 1. The van der Waals surface area contributed by atoms with Gasteiger partial charge in [-0.2, -0.15) is 0 Å². The van der Waals surface area contributed by atoms with E-state index in [2.05, 4.69) is 13.2 Å². The molecule has 9 heteroatoms. The summed E-state index contributed by atoms with van der Waals surface area (Å²) in [6.45, 7) is 11.0. The topological polar surface area (TPSA) is 90.4 Å². The summed E-state index contributed by atoms with van der Waals surface area (Å²) < 4.78 is 4.86. The molecule has 3 heterocycles. The summed E-state index contributed by atoms with van der Waals surface area (Å²) in [4.78, 5) is 48.9. The monoisotopic (exact) mass is 639 g/mol. The van der Waals surface area contributed by atoms with Crippen LogP contribution in [0.1, 0.15) is 26.2 Å². The number of hydrogen-bond donors (Lipinski definition) is 1. The molecule has 2 unspecified atom stereocenters. The number of carbonyl (C=O) groups excluding carboxylic acids is 3. The Labute approximate surface area is 274 Å². The Morgan fingerprint density at radius 3 is 2.35 bits per heavy atom. The van der Waals surface area contributed by atoms with E-state index in [1.807, 2.05) is 73.7 Å². The lowest BCUT2D eigenvalue weighted by Gasteiger charge is -2.37. The molecule has 2 bridgehead atoms. The number of aliphatic hydroxyl groups is 1. The quantitative estimate of drug-likeness (QED) is 0.250. The van der Waals surface area contributed by atoms with Crippen molar-refractivity contribution in [3.8, 4) is 5.75 Å². The minimum atomic E-state index is -0.769. The maximum atomic E-state index is 14.8. The van der Waals surface area contributed by atoms with Crippen molar-refractivity contribution in [3.63, 3.8) is 0 Å². The second-order valence-electron chi connectivity index (χ2n) is 12.1. The predicted octanol–water partition coefficient (Wildman–Crippen LogP) is 5.45. The first-order valence-electron chi connectivity index (χ1n) is 16.0. The molecule has 240 valence electrons. The molecule has 3 aliphatic rings. The number of thioether (sulfide) groups is 1. The first-order chi connectivity index (χ1) is 22.4. The molecule has 0 aromatic heterocycles. The number of nitrogens with zero attached hydrogens (tertiary/aromatic N) is 3. The summed E-state index contributed by atoms with van der Waals surface area (Å²) >= 11 is 1.64. The van der Waals surface area contributed by atoms with E-state index < -0.39 is 22.6 Å². The van der Waals surface area contributed by atoms with E-state index in [0.717, 1.165) is 22.9 Å². The number of carbonyl (C=O) groups is 3. The smallest absolute Gasteiger partial charge is 0.251 e. The second-order valence-corrected chi connectivity index (χ2v) is 13.7. The number of rotatable bonds is 13. The minimum Gasteiger partial charge on any atom is -0.494 e. The molecule has 0 saturated carbocycles. The van der Waals surface area contributed by atoms with E-state index >= 15 is 0 Å². The number of likely N-dealkylation sites (tertiary alicyclic amines) is 1. The Bertz CT molecular complexity index is 1640. The van der Waals surface area contributed by atoms with Crippen LogP contribution in [0.3, 0.4) is 0 Å². The average Bonchev–Trinajstić information content (AvgIpc) is 3.72. The van der Waals surface area contributed by atoms with Crippen LogP contribution in [0, 0.1) is 11.8 Å². The van der Waals surface area contributed by atoms with E-state index in [0.29, 0.717) is 37.4 Å². The lowest BCUT2D eigenvalue weighted by molar-refractivity contribution is -0.139. The highest BCUT2D eigenvalue weighted by Gasteiger charge is 2.74. The highest BCUT2D eigenvalue weighted by molar-refractivity contribution is 8.02. The zero-order chi connectivity index (χ0) is 32.4. The third-order valence-electron chi connectivity index (χ3n) is 9.54. The molecule has 1 spiro atoms. The third kappa shape index (κ3) is 5.39. The number of fused-ring (bicyclic) bond motifs is 2. The Kier molecular flexibility index (Phi) is 9.25. The van der Waals surface area contributed by atoms with Gasteiger partial charge in [0.25, 0.3) is 5.91 Å². The summed E-state index contributed by atoms with van der Waals surface area (Å²) in [6, 6.07) is 20.5. The van der Waals surface area contributed by atoms with Gasteiger partial charge < -0.3 is 24.5 Å². The predicted molar refractivity (Wildman–Crippen MR) is 184 cm³/mol. The third-order valence-corrected chi connectivity index (χ3v) is 11.5. The number of anilines is 2.